The normalized spacial score (nSPS) is 18.8. The lowest BCUT2D eigenvalue weighted by molar-refractivity contribution is 0.243. The molecule has 1 heterocycles. The van der Waals surface area contributed by atoms with Crippen molar-refractivity contribution in [3.63, 3.8) is 0 Å². The average molecular weight is 240 g/mol. The minimum atomic E-state index is 0.182. The number of hydrogen-bond donors (Lipinski definition) is 2. The lowest BCUT2D eigenvalue weighted by Gasteiger charge is -2.24. The molecular formula is C13H28N4. The summed E-state index contributed by atoms with van der Waals surface area (Å²) >= 11 is 0. The van der Waals surface area contributed by atoms with Crippen molar-refractivity contribution in [3.8, 4) is 0 Å². The van der Waals surface area contributed by atoms with E-state index in [2.05, 4.69) is 16.7 Å². The molecule has 1 atom stereocenters. The third-order valence-electron chi connectivity index (χ3n) is 3.66. The van der Waals surface area contributed by atoms with E-state index in [1.54, 1.807) is 0 Å². The van der Waals surface area contributed by atoms with Crippen molar-refractivity contribution < 1.29 is 0 Å². The Hall–Kier alpha value is -0.610. The van der Waals surface area contributed by atoms with Gasteiger partial charge in [-0.1, -0.05) is 13.8 Å². The molecule has 0 aromatic heterocycles. The third kappa shape index (κ3) is 5.50. The van der Waals surface area contributed by atoms with Crippen molar-refractivity contribution in [2.24, 2.45) is 11.7 Å². The van der Waals surface area contributed by atoms with Gasteiger partial charge in [0.05, 0.1) is 5.84 Å². The molecule has 0 radical (unpaired) electrons. The molecule has 0 amide bonds. The van der Waals surface area contributed by atoms with E-state index in [0.717, 1.165) is 19.6 Å². The van der Waals surface area contributed by atoms with Crippen molar-refractivity contribution in [1.82, 2.24) is 9.80 Å². The molecule has 17 heavy (non-hydrogen) atoms. The highest BCUT2D eigenvalue weighted by Gasteiger charge is 2.13. The van der Waals surface area contributed by atoms with Crippen LogP contribution in [0.2, 0.25) is 0 Å². The molecule has 0 aromatic rings. The zero-order valence-electron chi connectivity index (χ0n) is 11.4. The summed E-state index contributed by atoms with van der Waals surface area (Å²) in [5.41, 5.74) is 5.52. The van der Waals surface area contributed by atoms with Crippen LogP contribution in [0.5, 0.6) is 0 Å². The van der Waals surface area contributed by atoms with Crippen LogP contribution in [0, 0.1) is 11.3 Å². The molecule has 1 rings (SSSR count). The fraction of sp³-hybridized carbons (Fsp3) is 0.923. The summed E-state index contributed by atoms with van der Waals surface area (Å²) in [5, 5.41) is 7.42. The second-order valence-electron chi connectivity index (χ2n) is 5.15. The second-order valence-corrected chi connectivity index (χ2v) is 5.15. The standard InChI is InChI=1S/C13H28N4/c1-3-16(11-12(2)13(14)15)9-6-10-17-7-4-5-8-17/h12H,3-11H2,1-2H3,(H3,14,15). The van der Waals surface area contributed by atoms with Crippen molar-refractivity contribution in [2.75, 3.05) is 39.3 Å². The van der Waals surface area contributed by atoms with E-state index in [9.17, 15) is 0 Å². The Morgan fingerprint density at radius 1 is 1.41 bits per heavy atom. The second kappa shape index (κ2) is 7.67. The fourth-order valence-corrected chi connectivity index (χ4v) is 2.39. The van der Waals surface area contributed by atoms with Gasteiger partial charge in [0.2, 0.25) is 0 Å². The summed E-state index contributed by atoms with van der Waals surface area (Å²) in [5.74, 6) is 0.490. The molecule has 1 unspecified atom stereocenters. The Labute approximate surface area is 106 Å². The maximum atomic E-state index is 7.42. The van der Waals surface area contributed by atoms with E-state index in [0.29, 0.717) is 5.84 Å². The molecular weight excluding hydrogens is 212 g/mol. The number of hydrogen-bond acceptors (Lipinski definition) is 3. The Bertz CT molecular complexity index is 223. The largest absolute Gasteiger partial charge is 0.387 e. The van der Waals surface area contributed by atoms with Gasteiger partial charge in [0.15, 0.2) is 0 Å². The van der Waals surface area contributed by atoms with Crippen LogP contribution < -0.4 is 5.73 Å². The molecule has 1 fully saturated rings. The zero-order chi connectivity index (χ0) is 12.7. The molecule has 0 spiro atoms. The van der Waals surface area contributed by atoms with E-state index < -0.39 is 0 Å². The lowest BCUT2D eigenvalue weighted by Crippen LogP contribution is -2.36. The van der Waals surface area contributed by atoms with Crippen LogP contribution in [0.25, 0.3) is 0 Å². The maximum Gasteiger partial charge on any atom is 0.0947 e. The zero-order valence-corrected chi connectivity index (χ0v) is 11.4. The van der Waals surface area contributed by atoms with Gasteiger partial charge in [-0.2, -0.15) is 0 Å². The van der Waals surface area contributed by atoms with E-state index in [4.69, 9.17) is 11.1 Å². The molecule has 0 aliphatic carbocycles. The molecule has 1 aliphatic rings. The number of nitrogens with zero attached hydrogens (tertiary/aromatic N) is 2. The smallest absolute Gasteiger partial charge is 0.0947 e. The summed E-state index contributed by atoms with van der Waals surface area (Å²) < 4.78 is 0. The SMILES string of the molecule is CCN(CCCN1CCCC1)CC(C)C(=N)N. The van der Waals surface area contributed by atoms with Gasteiger partial charge in [-0.25, -0.2) is 0 Å². The molecule has 3 N–H and O–H groups in total. The first-order valence-corrected chi connectivity index (χ1v) is 6.92. The Morgan fingerprint density at radius 2 is 2.06 bits per heavy atom. The molecule has 4 heteroatoms. The first kappa shape index (κ1) is 14.5. The number of amidine groups is 1. The van der Waals surface area contributed by atoms with Crippen LogP contribution >= 0.6 is 0 Å². The van der Waals surface area contributed by atoms with Gasteiger partial charge in [-0.05, 0) is 52.0 Å². The molecule has 4 nitrogen and oxygen atoms in total. The van der Waals surface area contributed by atoms with Crippen LogP contribution in [0.1, 0.15) is 33.1 Å². The number of nitrogens with two attached hydrogens (primary N) is 1. The first-order chi connectivity index (χ1) is 8.13. The minimum Gasteiger partial charge on any atom is -0.387 e. The van der Waals surface area contributed by atoms with E-state index >= 15 is 0 Å². The summed E-state index contributed by atoms with van der Waals surface area (Å²) in [6, 6.07) is 0. The molecule has 1 aliphatic heterocycles. The monoisotopic (exact) mass is 240 g/mol. The van der Waals surface area contributed by atoms with Gasteiger partial charge in [-0.3, -0.25) is 5.41 Å². The number of rotatable bonds is 8. The van der Waals surface area contributed by atoms with Crippen LogP contribution in [0.4, 0.5) is 0 Å². The van der Waals surface area contributed by atoms with Crippen LogP contribution in [-0.2, 0) is 0 Å². The molecule has 0 aromatic carbocycles. The molecule has 0 bridgehead atoms. The third-order valence-corrected chi connectivity index (χ3v) is 3.66. The Balaban J connectivity index is 2.15. The predicted molar refractivity (Wildman–Crippen MR) is 73.5 cm³/mol. The number of nitrogens with one attached hydrogen (secondary N) is 1. The van der Waals surface area contributed by atoms with Gasteiger partial charge >= 0.3 is 0 Å². The summed E-state index contributed by atoms with van der Waals surface area (Å²) in [6.45, 7) is 11.1. The topological polar surface area (TPSA) is 56.4 Å². The Morgan fingerprint density at radius 3 is 2.59 bits per heavy atom. The lowest BCUT2D eigenvalue weighted by atomic mass is 10.1. The Kier molecular flexibility index (Phi) is 6.52. The van der Waals surface area contributed by atoms with Gasteiger partial charge < -0.3 is 15.5 Å². The highest BCUT2D eigenvalue weighted by molar-refractivity contribution is 5.79. The summed E-state index contributed by atoms with van der Waals surface area (Å²) in [4.78, 5) is 4.96. The van der Waals surface area contributed by atoms with Crippen LogP contribution in [0.3, 0.4) is 0 Å². The highest BCUT2D eigenvalue weighted by atomic mass is 15.2. The predicted octanol–water partition coefficient (Wildman–Crippen LogP) is 1.37. The van der Waals surface area contributed by atoms with Crippen LogP contribution in [-0.4, -0.2) is 54.9 Å². The molecule has 1 saturated heterocycles. The fourth-order valence-electron chi connectivity index (χ4n) is 2.39. The summed E-state index contributed by atoms with van der Waals surface area (Å²) in [6.07, 6.45) is 3.98. The van der Waals surface area contributed by atoms with E-state index in [1.165, 1.54) is 38.9 Å². The van der Waals surface area contributed by atoms with Crippen molar-refractivity contribution >= 4 is 5.84 Å². The minimum absolute atomic E-state index is 0.182. The van der Waals surface area contributed by atoms with E-state index in [1.807, 2.05) is 6.92 Å². The van der Waals surface area contributed by atoms with Gasteiger partial charge in [-0.15, -0.1) is 0 Å². The molecule has 0 saturated carbocycles. The van der Waals surface area contributed by atoms with E-state index in [-0.39, 0.29) is 5.92 Å². The number of likely N-dealkylation sites (tertiary alicyclic amines) is 1. The van der Waals surface area contributed by atoms with Crippen molar-refractivity contribution in [3.05, 3.63) is 0 Å². The van der Waals surface area contributed by atoms with Crippen LogP contribution in [0.15, 0.2) is 0 Å². The summed E-state index contributed by atoms with van der Waals surface area (Å²) in [7, 11) is 0. The van der Waals surface area contributed by atoms with Gasteiger partial charge in [0.1, 0.15) is 0 Å². The van der Waals surface area contributed by atoms with Crippen molar-refractivity contribution in [1.29, 1.82) is 5.41 Å². The maximum absolute atomic E-state index is 7.42. The average Bonchev–Trinajstić information content (AvgIpc) is 2.80. The highest BCUT2D eigenvalue weighted by Crippen LogP contribution is 2.08. The van der Waals surface area contributed by atoms with Gasteiger partial charge in [0, 0.05) is 12.5 Å². The first-order valence-electron chi connectivity index (χ1n) is 6.92. The van der Waals surface area contributed by atoms with Gasteiger partial charge in [0.25, 0.3) is 0 Å². The molecule has 100 valence electrons. The quantitative estimate of drug-likeness (QED) is 0.497. The van der Waals surface area contributed by atoms with Crippen molar-refractivity contribution in [2.45, 2.75) is 33.1 Å².